The van der Waals surface area contributed by atoms with Gasteiger partial charge in [0.15, 0.2) is 10.5 Å². The first-order valence-electron chi connectivity index (χ1n) is 1.39. The van der Waals surface area contributed by atoms with E-state index in [4.69, 9.17) is 4.89 Å². The third-order valence-electron chi connectivity index (χ3n) is 0.364. The number of hydrogen-bond donors (Lipinski definition) is 1. The second-order valence-corrected chi connectivity index (χ2v) is 3.37. The molecule has 0 fully saturated rings. The topological polar surface area (TPSA) is 55.8 Å². The average Bonchev–Trinajstić information content (AvgIpc) is 1.68. The van der Waals surface area contributed by atoms with Crippen molar-refractivity contribution in [1.29, 1.82) is 0 Å². The molecule has 0 spiro atoms. The maximum Gasteiger partial charge on any atom is 0.446 e. The molecule has 0 saturated heterocycles. The highest BCUT2D eigenvalue weighted by atomic mass is 31.2. The normalized spacial score (nSPS) is 19.0. The predicted octanol–water partition coefficient (Wildman–Crippen LogP) is -1.52. The van der Waals surface area contributed by atoms with Gasteiger partial charge in [0.25, 0.3) is 8.05 Å². The van der Waals surface area contributed by atoms with E-state index in [0.29, 0.717) is 0 Å². The molecule has 0 saturated carbocycles. The molecule has 0 aromatic rings. The predicted molar refractivity (Wildman–Crippen MR) is 27.7 cm³/mol. The van der Waals surface area contributed by atoms with E-state index in [2.05, 4.69) is 16.7 Å². The number of hydrogen-bond acceptors (Lipinski definition) is 3. The maximum atomic E-state index is 9.97. The van der Waals surface area contributed by atoms with Crippen LogP contribution < -0.4 is 0 Å². The first kappa shape index (κ1) is 7.39. The Balaban J connectivity index is 3.61. The van der Waals surface area contributed by atoms with Crippen molar-refractivity contribution in [2.45, 2.75) is 0 Å². The van der Waals surface area contributed by atoms with Crippen molar-refractivity contribution in [1.82, 2.24) is 0 Å². The Bertz CT molecular complexity index is 83.7. The van der Waals surface area contributed by atoms with Crippen LogP contribution in [-0.2, 0) is 13.2 Å². The Morgan fingerprint density at radius 1 is 1.86 bits per heavy atom. The molecule has 0 aliphatic carbocycles. The van der Waals surface area contributed by atoms with Gasteiger partial charge in [-0.2, -0.15) is 0 Å². The van der Waals surface area contributed by atoms with E-state index in [1.165, 1.54) is 0 Å². The standard InChI is InChI=1S/BH4O4PSi/c1-4-6(2,3)5-7/h7H3,(H,2,3). The van der Waals surface area contributed by atoms with Gasteiger partial charge in [-0.1, -0.05) is 0 Å². The van der Waals surface area contributed by atoms with Crippen molar-refractivity contribution in [3.05, 3.63) is 0 Å². The Kier molecular flexibility index (Phi) is 2.79. The molecule has 7 heteroatoms. The van der Waals surface area contributed by atoms with Crippen molar-refractivity contribution in [2.75, 3.05) is 0 Å². The second-order valence-electron chi connectivity index (χ2n) is 0.757. The third-order valence-corrected chi connectivity index (χ3v) is 2.48. The summed E-state index contributed by atoms with van der Waals surface area (Å²) in [4.78, 5) is 8.15. The summed E-state index contributed by atoms with van der Waals surface area (Å²) in [7, 11) is 0.625. The van der Waals surface area contributed by atoms with Crippen LogP contribution in [-0.4, -0.2) is 23.4 Å². The minimum absolute atomic E-state index is 0.139. The summed E-state index contributed by atoms with van der Waals surface area (Å²) in [6.45, 7) is 0. The molecule has 40 valence electrons. The van der Waals surface area contributed by atoms with Crippen LogP contribution in [0, 0.1) is 0 Å². The van der Waals surface area contributed by atoms with Crippen molar-refractivity contribution in [3.63, 3.8) is 0 Å². The van der Waals surface area contributed by atoms with E-state index < -0.39 is 7.82 Å². The highest BCUT2D eigenvalue weighted by Crippen LogP contribution is 2.39. The van der Waals surface area contributed by atoms with E-state index in [9.17, 15) is 4.57 Å². The van der Waals surface area contributed by atoms with Gasteiger partial charge in [0.2, 0.25) is 0 Å². The first-order chi connectivity index (χ1) is 3.12. The highest BCUT2D eigenvalue weighted by molar-refractivity contribution is 7.49. The summed E-state index contributed by atoms with van der Waals surface area (Å²) in [6, 6.07) is 0. The van der Waals surface area contributed by atoms with Crippen molar-refractivity contribution in [2.24, 2.45) is 0 Å². The monoisotopic (exact) mass is 138 g/mol. The lowest BCUT2D eigenvalue weighted by Gasteiger charge is -2.03. The molecule has 1 N–H and O–H groups in total. The quantitative estimate of drug-likeness (QED) is 0.372. The van der Waals surface area contributed by atoms with E-state index in [0.717, 1.165) is 0 Å². The van der Waals surface area contributed by atoms with Crippen molar-refractivity contribution >= 4 is 26.4 Å². The molecule has 7 heavy (non-hydrogen) atoms. The fourth-order valence-electron chi connectivity index (χ4n) is 0.0430. The van der Waals surface area contributed by atoms with E-state index in [1.54, 1.807) is 0 Å². The number of rotatable bonds is 2. The molecule has 0 aliphatic heterocycles. The molecule has 0 amide bonds. The third kappa shape index (κ3) is 3.02. The van der Waals surface area contributed by atoms with Gasteiger partial charge in [0, 0.05) is 0 Å². The molecule has 1 unspecified atom stereocenters. The molecule has 0 rings (SSSR count). The summed E-state index contributed by atoms with van der Waals surface area (Å²) in [5.74, 6) is 0. The minimum atomic E-state index is -3.81. The van der Waals surface area contributed by atoms with Crippen LogP contribution in [0.15, 0.2) is 0 Å². The van der Waals surface area contributed by atoms with Crippen LogP contribution in [0.1, 0.15) is 0 Å². The zero-order chi connectivity index (χ0) is 5.91. The van der Waals surface area contributed by atoms with E-state index >= 15 is 0 Å². The Hall–Kier alpha value is 0.392. The van der Waals surface area contributed by atoms with Crippen LogP contribution in [0.3, 0.4) is 0 Å². The van der Waals surface area contributed by atoms with Gasteiger partial charge in [-0.25, -0.2) is 4.57 Å². The summed E-state index contributed by atoms with van der Waals surface area (Å²) < 4.78 is 17.5. The van der Waals surface area contributed by atoms with Gasteiger partial charge in [0.1, 0.15) is 0 Å². The summed E-state index contributed by atoms with van der Waals surface area (Å²) in [5.41, 5.74) is 0. The van der Waals surface area contributed by atoms with Gasteiger partial charge < -0.3 is 13.5 Å². The summed E-state index contributed by atoms with van der Waals surface area (Å²) in [5, 5.41) is 0. The Morgan fingerprint density at radius 2 is 2.29 bits per heavy atom. The fraction of sp³-hybridized carbons (Fsp3) is 0. The van der Waals surface area contributed by atoms with Gasteiger partial charge >= 0.3 is 7.82 Å². The van der Waals surface area contributed by atoms with Crippen molar-refractivity contribution in [3.8, 4) is 0 Å². The van der Waals surface area contributed by atoms with Crippen LogP contribution in [0.4, 0.5) is 0 Å². The van der Waals surface area contributed by atoms with Crippen LogP contribution in [0.5, 0.6) is 0 Å². The zero-order valence-corrected chi connectivity index (χ0v) is 6.59. The molecule has 4 nitrogen and oxygen atoms in total. The molecule has 0 heterocycles. The summed E-state index contributed by atoms with van der Waals surface area (Å²) >= 11 is 0. The molecule has 0 aromatic heterocycles. The minimum Gasteiger partial charge on any atom is -0.363 e. The molecule has 1 atom stereocenters. The lowest BCUT2D eigenvalue weighted by atomic mass is 10.6. The molecular weight excluding hydrogens is 134 g/mol. The van der Waals surface area contributed by atoms with E-state index in [1.807, 2.05) is 0 Å². The lowest BCUT2D eigenvalue weighted by molar-refractivity contribution is 0.309. The molecule has 0 aliphatic rings. The largest absolute Gasteiger partial charge is 0.446 e. The highest BCUT2D eigenvalue weighted by Gasteiger charge is 2.11. The smallest absolute Gasteiger partial charge is 0.363 e. The number of phosphoric acid groups is 1. The Morgan fingerprint density at radius 3 is 2.29 bits per heavy atom. The average molecular weight is 138 g/mol. The first-order valence-corrected chi connectivity index (χ1v) is 3.70. The van der Waals surface area contributed by atoms with Gasteiger partial charge in [0.05, 0.1) is 0 Å². The van der Waals surface area contributed by atoms with Gasteiger partial charge in [-0.05, 0) is 0 Å². The van der Waals surface area contributed by atoms with Gasteiger partial charge in [-0.3, -0.25) is 0 Å². The summed E-state index contributed by atoms with van der Waals surface area (Å²) in [6.07, 6.45) is 0. The fourth-order valence-corrected chi connectivity index (χ4v) is 0.387. The van der Waals surface area contributed by atoms with Crippen LogP contribution >= 0.6 is 7.82 Å². The molecular formula is H4BO4PSi. The maximum absolute atomic E-state index is 9.97. The van der Waals surface area contributed by atoms with Crippen LogP contribution in [0.2, 0.25) is 0 Å². The lowest BCUT2D eigenvalue weighted by Crippen LogP contribution is -1.86. The molecule has 2 radical (unpaired) electrons. The van der Waals surface area contributed by atoms with Gasteiger partial charge in [-0.15, -0.1) is 0 Å². The zero-order valence-electron chi connectivity index (χ0n) is 3.70. The Labute approximate surface area is 45.4 Å². The molecule has 0 bridgehead atoms. The van der Waals surface area contributed by atoms with Crippen molar-refractivity contribution < 1.29 is 18.1 Å². The van der Waals surface area contributed by atoms with E-state index in [-0.39, 0.29) is 10.5 Å². The van der Waals surface area contributed by atoms with Crippen LogP contribution in [0.25, 0.3) is 0 Å². The molecule has 0 aromatic carbocycles. The SMILES string of the molecule is [B]OP(=O)(O)O[SiH3]. The second kappa shape index (κ2) is 2.64.